The molecule has 30 heavy (non-hydrogen) atoms. The molecule has 0 aliphatic carbocycles. The highest BCUT2D eigenvalue weighted by molar-refractivity contribution is 5.96. The number of fused-ring (bicyclic) bond motifs is 2. The van der Waals surface area contributed by atoms with E-state index in [2.05, 4.69) is 20.4 Å². The van der Waals surface area contributed by atoms with E-state index in [1.165, 1.54) is 12.5 Å². The zero-order chi connectivity index (χ0) is 21.0. The van der Waals surface area contributed by atoms with Crippen LogP contribution >= 0.6 is 0 Å². The zero-order valence-electron chi connectivity index (χ0n) is 16.0. The van der Waals surface area contributed by atoms with Crippen molar-refractivity contribution in [1.29, 1.82) is 0 Å². The van der Waals surface area contributed by atoms with Crippen molar-refractivity contribution in [1.82, 2.24) is 9.97 Å². The standard InChI is InChI=1S/C23H19N5O2/c24-23(29)18-10-7-9-17-30-28-25-16-8-3-1-2-4-11-21-22(15-14-18)27-20-13-6-5-12-19(20)26-21/h1-17H,(H2,24,29). The van der Waals surface area contributed by atoms with Gasteiger partial charge >= 0.3 is 0 Å². The molecule has 0 radical (unpaired) electrons. The maximum Gasteiger partial charge on any atom is 0.248 e. The number of benzene rings is 1. The minimum atomic E-state index is -0.572. The summed E-state index contributed by atoms with van der Waals surface area (Å²) in [4.78, 5) is 25.9. The second-order valence-electron chi connectivity index (χ2n) is 5.90. The molecule has 0 saturated carbocycles. The van der Waals surface area contributed by atoms with Crippen LogP contribution in [-0.2, 0) is 9.63 Å². The van der Waals surface area contributed by atoms with Crippen LogP contribution in [0.5, 0.6) is 0 Å². The van der Waals surface area contributed by atoms with Gasteiger partial charge in [-0.05, 0) is 48.6 Å². The highest BCUT2D eigenvalue weighted by Crippen LogP contribution is 2.03. The minimum absolute atomic E-state index is 0.293. The molecule has 148 valence electrons. The SMILES string of the molecule is NC(=O)C1=CC=c2nc3ccccc3nc2=CC=CC=CC=CN=NOC=CC=C1. The largest absolute Gasteiger partial charge is 0.366 e. The predicted octanol–water partition coefficient (Wildman–Crippen LogP) is 2.70. The van der Waals surface area contributed by atoms with Crippen molar-refractivity contribution in [2.24, 2.45) is 16.1 Å². The Kier molecular flexibility index (Phi) is 7.34. The zero-order valence-corrected chi connectivity index (χ0v) is 16.0. The Balaban J connectivity index is 2.15. The molecule has 2 N–H and O–H groups in total. The van der Waals surface area contributed by atoms with Gasteiger partial charge in [-0.2, -0.15) is 0 Å². The van der Waals surface area contributed by atoms with Gasteiger partial charge in [-0.3, -0.25) is 4.79 Å². The van der Waals surface area contributed by atoms with Crippen LogP contribution in [0.25, 0.3) is 23.2 Å². The van der Waals surface area contributed by atoms with Crippen LogP contribution in [0.1, 0.15) is 0 Å². The van der Waals surface area contributed by atoms with Gasteiger partial charge in [0.2, 0.25) is 5.91 Å². The van der Waals surface area contributed by atoms with Crippen molar-refractivity contribution in [3.8, 4) is 0 Å². The Hall–Kier alpha value is -4.39. The summed E-state index contributed by atoms with van der Waals surface area (Å²) in [5.74, 6) is -0.572. The van der Waals surface area contributed by atoms with E-state index < -0.39 is 5.91 Å². The number of rotatable bonds is 1. The first-order valence-electron chi connectivity index (χ1n) is 9.08. The third-order valence-electron chi connectivity index (χ3n) is 3.80. The predicted molar refractivity (Wildman–Crippen MR) is 117 cm³/mol. The van der Waals surface area contributed by atoms with Gasteiger partial charge in [-0.15, -0.1) is 5.11 Å². The maximum atomic E-state index is 11.8. The van der Waals surface area contributed by atoms with E-state index in [1.54, 1.807) is 42.5 Å². The molecular formula is C23H19N5O2. The van der Waals surface area contributed by atoms with E-state index >= 15 is 0 Å². The second-order valence-corrected chi connectivity index (χ2v) is 5.90. The highest BCUT2D eigenvalue weighted by atomic mass is 16.6. The Labute approximate surface area is 173 Å². The summed E-state index contributed by atoms with van der Waals surface area (Å²) in [5.41, 5.74) is 7.30. The molecule has 0 atom stereocenters. The molecule has 1 aliphatic rings. The average Bonchev–Trinajstić information content (AvgIpc) is 2.75. The average molecular weight is 397 g/mol. The molecular weight excluding hydrogens is 378 g/mol. The fourth-order valence-corrected chi connectivity index (χ4v) is 2.41. The number of nitrogens with two attached hydrogens (primary N) is 1. The number of hydrogen-bond acceptors (Lipinski definition) is 6. The van der Waals surface area contributed by atoms with Gasteiger partial charge in [0.1, 0.15) is 6.26 Å². The molecule has 0 fully saturated rings. The monoisotopic (exact) mass is 397 g/mol. The molecule has 7 nitrogen and oxygen atoms in total. The number of primary amides is 1. The number of nitrogens with zero attached hydrogens (tertiary/aromatic N) is 4. The normalized spacial score (nSPS) is 14.5. The van der Waals surface area contributed by atoms with Gasteiger partial charge in [-0.25, -0.2) is 9.97 Å². The Morgan fingerprint density at radius 1 is 0.800 bits per heavy atom. The van der Waals surface area contributed by atoms with Crippen LogP contribution in [0.3, 0.4) is 0 Å². The van der Waals surface area contributed by atoms with Crippen LogP contribution in [0.4, 0.5) is 0 Å². The first-order chi connectivity index (χ1) is 14.7. The quantitative estimate of drug-likeness (QED) is 0.799. The van der Waals surface area contributed by atoms with Crippen molar-refractivity contribution in [2.45, 2.75) is 0 Å². The van der Waals surface area contributed by atoms with Gasteiger partial charge in [0.25, 0.3) is 0 Å². The molecule has 3 rings (SSSR count). The number of para-hydroxylation sites is 2. The van der Waals surface area contributed by atoms with Gasteiger partial charge < -0.3 is 10.6 Å². The van der Waals surface area contributed by atoms with Gasteiger partial charge in [0.05, 0.1) is 27.9 Å². The highest BCUT2D eigenvalue weighted by Gasteiger charge is 1.99. The van der Waals surface area contributed by atoms with Crippen LogP contribution in [0, 0.1) is 0 Å². The molecule has 1 aliphatic heterocycles. The second kappa shape index (κ2) is 10.8. The van der Waals surface area contributed by atoms with Crippen molar-refractivity contribution in [2.75, 3.05) is 0 Å². The summed E-state index contributed by atoms with van der Waals surface area (Å²) in [7, 11) is 0. The summed E-state index contributed by atoms with van der Waals surface area (Å²) in [6, 6.07) is 7.59. The number of amides is 1. The summed E-state index contributed by atoms with van der Waals surface area (Å²) in [6.45, 7) is 0. The summed E-state index contributed by atoms with van der Waals surface area (Å²) < 4.78 is 0. The van der Waals surface area contributed by atoms with Crippen molar-refractivity contribution in [3.05, 3.63) is 108 Å². The molecule has 7 heteroatoms. The summed E-state index contributed by atoms with van der Waals surface area (Å²) in [5, 5.41) is 8.47. The molecule has 2 aromatic rings. The number of allylic oxidation sites excluding steroid dienone is 8. The molecule has 0 spiro atoms. The Morgan fingerprint density at radius 2 is 1.50 bits per heavy atom. The molecule has 2 heterocycles. The van der Waals surface area contributed by atoms with Crippen LogP contribution < -0.4 is 16.4 Å². The fraction of sp³-hybridized carbons (Fsp3) is 0. The molecule has 1 amide bonds. The lowest BCUT2D eigenvalue weighted by atomic mass is 10.2. The topological polar surface area (TPSA) is 103 Å². The van der Waals surface area contributed by atoms with E-state index in [0.717, 1.165) is 11.0 Å². The summed E-state index contributed by atoms with van der Waals surface area (Å²) in [6.07, 6.45) is 21.8. The molecule has 1 aromatic carbocycles. The van der Waals surface area contributed by atoms with E-state index in [1.807, 2.05) is 48.6 Å². The van der Waals surface area contributed by atoms with Crippen molar-refractivity contribution in [3.63, 3.8) is 0 Å². The van der Waals surface area contributed by atoms with Gasteiger partial charge in [-0.1, -0.05) is 42.5 Å². The molecule has 0 unspecified atom stereocenters. The lowest BCUT2D eigenvalue weighted by Crippen LogP contribution is -2.31. The van der Waals surface area contributed by atoms with Gasteiger partial charge in [0.15, 0.2) is 0 Å². The molecule has 0 saturated heterocycles. The lowest BCUT2D eigenvalue weighted by molar-refractivity contribution is -0.114. The van der Waals surface area contributed by atoms with E-state index in [4.69, 9.17) is 10.6 Å². The van der Waals surface area contributed by atoms with Crippen LogP contribution in [0.15, 0.2) is 107 Å². The van der Waals surface area contributed by atoms with Crippen LogP contribution in [-0.4, -0.2) is 15.9 Å². The lowest BCUT2D eigenvalue weighted by Gasteiger charge is -1.97. The van der Waals surface area contributed by atoms with E-state index in [0.29, 0.717) is 16.3 Å². The fourth-order valence-electron chi connectivity index (χ4n) is 2.41. The first kappa shape index (κ1) is 20.3. The smallest absolute Gasteiger partial charge is 0.248 e. The molecule has 1 aromatic heterocycles. The summed E-state index contributed by atoms with van der Waals surface area (Å²) >= 11 is 0. The number of carbonyl (C=O) groups is 1. The third kappa shape index (κ3) is 6.07. The number of hydrogen-bond donors (Lipinski definition) is 1. The minimum Gasteiger partial charge on any atom is -0.366 e. The van der Waals surface area contributed by atoms with Crippen LogP contribution in [0.2, 0.25) is 0 Å². The Morgan fingerprint density at radius 3 is 2.27 bits per heavy atom. The Bertz CT molecular complexity index is 1250. The van der Waals surface area contributed by atoms with Crippen molar-refractivity contribution < 1.29 is 9.63 Å². The van der Waals surface area contributed by atoms with Gasteiger partial charge in [0, 0.05) is 10.9 Å². The number of carbonyl (C=O) groups excluding carboxylic acids is 1. The van der Waals surface area contributed by atoms with E-state index in [9.17, 15) is 4.79 Å². The first-order valence-corrected chi connectivity index (χ1v) is 9.08. The number of aromatic nitrogens is 2. The molecule has 0 bridgehead atoms. The van der Waals surface area contributed by atoms with E-state index in [-0.39, 0.29) is 0 Å². The van der Waals surface area contributed by atoms with Crippen molar-refractivity contribution >= 4 is 29.1 Å². The maximum absolute atomic E-state index is 11.8. The third-order valence-corrected chi connectivity index (χ3v) is 3.80.